The van der Waals surface area contributed by atoms with Gasteiger partial charge in [0, 0.05) is 18.0 Å². The van der Waals surface area contributed by atoms with Gasteiger partial charge in [0.05, 0.1) is 11.4 Å². The number of halogens is 1. The summed E-state index contributed by atoms with van der Waals surface area (Å²) in [4.78, 5) is 4.83. The summed E-state index contributed by atoms with van der Waals surface area (Å²) < 4.78 is 24.3. The molecule has 1 fully saturated rings. The summed E-state index contributed by atoms with van der Waals surface area (Å²) in [6, 6.07) is 6.63. The highest BCUT2D eigenvalue weighted by molar-refractivity contribution is 7.98. The lowest BCUT2D eigenvalue weighted by molar-refractivity contribution is -0.0841. The van der Waals surface area contributed by atoms with Crippen LogP contribution < -0.4 is 5.32 Å². The third-order valence-corrected chi connectivity index (χ3v) is 4.29. The molecule has 3 rings (SSSR count). The Morgan fingerprint density at radius 1 is 1.43 bits per heavy atom. The molecular weight excluding hydrogens is 293 g/mol. The average molecular weight is 309 g/mol. The predicted molar refractivity (Wildman–Crippen MR) is 76.3 cm³/mol. The number of hydrogen-bond acceptors (Lipinski definition) is 6. The first-order valence-corrected chi connectivity index (χ1v) is 7.67. The van der Waals surface area contributed by atoms with Gasteiger partial charge in [0.1, 0.15) is 12.4 Å². The summed E-state index contributed by atoms with van der Waals surface area (Å²) in [5, 5.41) is 7.04. The zero-order valence-electron chi connectivity index (χ0n) is 11.6. The molecule has 0 unspecified atom stereocenters. The highest BCUT2D eigenvalue weighted by Crippen LogP contribution is 2.24. The lowest BCUT2D eigenvalue weighted by Crippen LogP contribution is -2.58. The molecule has 1 aliphatic rings. The smallest absolute Gasteiger partial charge is 0.252 e. The van der Waals surface area contributed by atoms with E-state index >= 15 is 0 Å². The molecule has 1 aliphatic heterocycles. The number of thioether (sulfide) groups is 1. The normalized spacial score (nSPS) is 16.7. The van der Waals surface area contributed by atoms with Gasteiger partial charge in [-0.2, -0.15) is 4.98 Å². The first-order chi connectivity index (χ1) is 10.1. The van der Waals surface area contributed by atoms with Crippen LogP contribution in [0.4, 0.5) is 4.39 Å². The maximum absolute atomic E-state index is 13.5. The third kappa shape index (κ3) is 3.61. The van der Waals surface area contributed by atoms with Crippen LogP contribution in [-0.2, 0) is 17.1 Å². The number of nitrogens with one attached hydrogen (secondary N) is 1. The van der Waals surface area contributed by atoms with Gasteiger partial charge in [0.15, 0.2) is 5.82 Å². The molecule has 2 aromatic rings. The molecule has 1 saturated heterocycles. The van der Waals surface area contributed by atoms with Crippen molar-refractivity contribution in [2.75, 3.05) is 13.1 Å². The van der Waals surface area contributed by atoms with E-state index in [2.05, 4.69) is 15.5 Å². The minimum atomic E-state index is -0.236. The molecule has 112 valence electrons. The second-order valence-electron chi connectivity index (χ2n) is 5.17. The van der Waals surface area contributed by atoms with E-state index in [1.807, 2.05) is 6.92 Å². The minimum Gasteiger partial charge on any atom is -0.363 e. The molecule has 0 aliphatic carbocycles. The van der Waals surface area contributed by atoms with E-state index in [0.717, 1.165) is 13.1 Å². The number of benzene rings is 1. The molecule has 5 nitrogen and oxygen atoms in total. The Morgan fingerprint density at radius 2 is 2.24 bits per heavy atom. The summed E-state index contributed by atoms with van der Waals surface area (Å²) in [6.45, 7) is 4.00. The van der Waals surface area contributed by atoms with E-state index in [-0.39, 0.29) is 11.4 Å². The lowest BCUT2D eigenvalue weighted by Gasteiger charge is -2.38. The highest BCUT2D eigenvalue weighted by Gasteiger charge is 2.32. The Balaban J connectivity index is 1.52. The summed E-state index contributed by atoms with van der Waals surface area (Å²) in [5.41, 5.74) is -0.142. The SMILES string of the molecule is CC1(OCc2nc(CSc3ccccc3F)no2)CNC1. The fraction of sp³-hybridized carbons (Fsp3) is 0.429. The van der Waals surface area contributed by atoms with Crippen LogP contribution in [0.15, 0.2) is 33.7 Å². The van der Waals surface area contributed by atoms with Gasteiger partial charge in [-0.3, -0.25) is 0 Å². The molecule has 1 aromatic heterocycles. The van der Waals surface area contributed by atoms with Gasteiger partial charge in [-0.05, 0) is 19.1 Å². The molecule has 7 heteroatoms. The molecule has 0 atom stereocenters. The van der Waals surface area contributed by atoms with Crippen molar-refractivity contribution < 1.29 is 13.7 Å². The van der Waals surface area contributed by atoms with Crippen LogP contribution in [0.2, 0.25) is 0 Å². The van der Waals surface area contributed by atoms with Crippen molar-refractivity contribution in [2.45, 2.75) is 29.8 Å². The topological polar surface area (TPSA) is 60.2 Å². The van der Waals surface area contributed by atoms with Crippen LogP contribution in [0.3, 0.4) is 0 Å². The van der Waals surface area contributed by atoms with Crippen LogP contribution in [-0.4, -0.2) is 28.8 Å². The molecule has 1 aromatic carbocycles. The Bertz CT molecular complexity index is 616. The zero-order valence-corrected chi connectivity index (χ0v) is 12.5. The lowest BCUT2D eigenvalue weighted by atomic mass is 10.0. The summed E-state index contributed by atoms with van der Waals surface area (Å²) in [7, 11) is 0. The molecule has 0 radical (unpaired) electrons. The monoisotopic (exact) mass is 309 g/mol. The Hall–Kier alpha value is -1.44. The van der Waals surface area contributed by atoms with Crippen LogP contribution in [0.25, 0.3) is 0 Å². The number of nitrogens with zero attached hydrogens (tertiary/aromatic N) is 2. The Morgan fingerprint density at radius 3 is 2.95 bits per heavy atom. The first-order valence-electron chi connectivity index (χ1n) is 6.68. The van der Waals surface area contributed by atoms with Gasteiger partial charge in [0.25, 0.3) is 5.89 Å². The van der Waals surface area contributed by atoms with Crippen molar-refractivity contribution >= 4 is 11.8 Å². The van der Waals surface area contributed by atoms with Crippen molar-refractivity contribution in [3.8, 4) is 0 Å². The average Bonchev–Trinajstić information content (AvgIpc) is 2.90. The van der Waals surface area contributed by atoms with Gasteiger partial charge in [-0.25, -0.2) is 4.39 Å². The maximum Gasteiger partial charge on any atom is 0.252 e. The van der Waals surface area contributed by atoms with Gasteiger partial charge in [0.2, 0.25) is 0 Å². The van der Waals surface area contributed by atoms with Crippen molar-refractivity contribution in [3.05, 3.63) is 41.8 Å². The molecular formula is C14H16FN3O2S. The molecule has 21 heavy (non-hydrogen) atoms. The zero-order chi connectivity index (χ0) is 14.7. The van der Waals surface area contributed by atoms with Crippen molar-refractivity contribution in [3.63, 3.8) is 0 Å². The number of aromatic nitrogens is 2. The first kappa shape index (κ1) is 14.5. The van der Waals surface area contributed by atoms with Crippen molar-refractivity contribution in [2.24, 2.45) is 0 Å². The molecule has 0 saturated carbocycles. The van der Waals surface area contributed by atoms with Crippen LogP contribution in [0.1, 0.15) is 18.6 Å². The van der Waals surface area contributed by atoms with Gasteiger partial charge < -0.3 is 14.6 Å². The van der Waals surface area contributed by atoms with Crippen LogP contribution >= 0.6 is 11.8 Å². The van der Waals surface area contributed by atoms with E-state index in [9.17, 15) is 4.39 Å². The molecule has 1 N–H and O–H groups in total. The van der Waals surface area contributed by atoms with E-state index in [0.29, 0.717) is 29.0 Å². The fourth-order valence-corrected chi connectivity index (χ4v) is 2.71. The number of rotatable bonds is 6. The minimum absolute atomic E-state index is 0.142. The second-order valence-corrected chi connectivity index (χ2v) is 6.18. The fourth-order valence-electron chi connectivity index (χ4n) is 1.93. The van der Waals surface area contributed by atoms with E-state index < -0.39 is 0 Å². The van der Waals surface area contributed by atoms with Crippen molar-refractivity contribution in [1.29, 1.82) is 0 Å². The van der Waals surface area contributed by atoms with Gasteiger partial charge in [-0.1, -0.05) is 17.3 Å². The number of ether oxygens (including phenoxy) is 1. The standard InChI is InChI=1S/C14H16FN3O2S/c1-14(8-16-9-14)19-6-13-17-12(18-20-13)7-21-11-5-3-2-4-10(11)15/h2-5,16H,6-9H2,1H3. The molecule has 2 heterocycles. The summed E-state index contributed by atoms with van der Waals surface area (Å²) >= 11 is 1.34. The van der Waals surface area contributed by atoms with Crippen LogP contribution in [0.5, 0.6) is 0 Å². The van der Waals surface area contributed by atoms with Crippen molar-refractivity contribution in [1.82, 2.24) is 15.5 Å². The van der Waals surface area contributed by atoms with Gasteiger partial charge in [-0.15, -0.1) is 11.8 Å². The van der Waals surface area contributed by atoms with E-state index in [1.54, 1.807) is 18.2 Å². The quantitative estimate of drug-likeness (QED) is 0.827. The Labute approximate surface area is 126 Å². The second kappa shape index (κ2) is 6.13. The van der Waals surface area contributed by atoms with Gasteiger partial charge >= 0.3 is 0 Å². The largest absolute Gasteiger partial charge is 0.363 e. The summed E-state index contributed by atoms with van der Waals surface area (Å²) in [5.74, 6) is 1.22. The third-order valence-electron chi connectivity index (χ3n) is 3.25. The maximum atomic E-state index is 13.5. The van der Waals surface area contributed by atoms with Crippen LogP contribution in [0, 0.1) is 5.82 Å². The van der Waals surface area contributed by atoms with E-state index in [1.165, 1.54) is 17.8 Å². The molecule has 0 bridgehead atoms. The Kier molecular flexibility index (Phi) is 4.23. The predicted octanol–water partition coefficient (Wildman–Crippen LogP) is 2.38. The highest BCUT2D eigenvalue weighted by atomic mass is 32.2. The van der Waals surface area contributed by atoms with E-state index in [4.69, 9.17) is 9.26 Å². The number of hydrogen-bond donors (Lipinski definition) is 1. The molecule has 0 amide bonds. The summed E-state index contributed by atoms with van der Waals surface area (Å²) in [6.07, 6.45) is 0. The molecule has 0 spiro atoms.